The Kier molecular flexibility index (Phi) is 4.28. The van der Waals surface area contributed by atoms with Crippen molar-refractivity contribution in [1.82, 2.24) is 0 Å². The minimum atomic E-state index is -1.22. The van der Waals surface area contributed by atoms with Gasteiger partial charge in [-0.3, -0.25) is 9.59 Å². The van der Waals surface area contributed by atoms with E-state index in [1.807, 2.05) is 12.3 Å². The highest BCUT2D eigenvalue weighted by atomic mass is 35.5. The van der Waals surface area contributed by atoms with Gasteiger partial charge in [0.05, 0.1) is 11.1 Å². The Balaban J connectivity index is 2.27. The molecule has 0 radical (unpaired) electrons. The second-order valence-electron chi connectivity index (χ2n) is 4.45. The number of Topliss-reactive ketones (excluding diaryl/α,β-unsaturated/α-hetero) is 2. The molecule has 1 aromatic carbocycles. The van der Waals surface area contributed by atoms with Gasteiger partial charge < -0.3 is 0 Å². The SMILES string of the molecule is CSc1ccc(C(=O)C(C#N)C(=O)C2CC2)c(Cl)c1. The van der Waals surface area contributed by atoms with Gasteiger partial charge >= 0.3 is 0 Å². The molecule has 1 fully saturated rings. The molecule has 1 atom stereocenters. The molecule has 0 aromatic heterocycles. The standard InChI is InChI=1S/C14H12ClNO2S/c1-19-9-4-5-10(12(15)6-9)14(18)11(7-16)13(17)8-2-3-8/h4-6,8,11H,2-3H2,1H3. The predicted octanol–water partition coefficient (Wildman–Crippen LogP) is 3.36. The van der Waals surface area contributed by atoms with Gasteiger partial charge in [-0.2, -0.15) is 5.26 Å². The molecule has 0 bridgehead atoms. The summed E-state index contributed by atoms with van der Waals surface area (Å²) < 4.78 is 0. The van der Waals surface area contributed by atoms with Crippen LogP contribution in [0.5, 0.6) is 0 Å². The van der Waals surface area contributed by atoms with Crippen molar-refractivity contribution in [2.24, 2.45) is 11.8 Å². The van der Waals surface area contributed by atoms with Crippen LogP contribution in [0.25, 0.3) is 0 Å². The molecule has 1 aromatic rings. The van der Waals surface area contributed by atoms with Crippen molar-refractivity contribution in [3.05, 3.63) is 28.8 Å². The third kappa shape index (κ3) is 2.99. The van der Waals surface area contributed by atoms with Gasteiger partial charge in [-0.15, -0.1) is 11.8 Å². The van der Waals surface area contributed by atoms with Crippen molar-refractivity contribution in [3.63, 3.8) is 0 Å². The highest BCUT2D eigenvalue weighted by molar-refractivity contribution is 7.98. The molecular weight excluding hydrogens is 282 g/mol. The molecule has 1 aliphatic rings. The van der Waals surface area contributed by atoms with Gasteiger partial charge in [0.15, 0.2) is 17.5 Å². The molecule has 5 heteroatoms. The first-order chi connectivity index (χ1) is 9.08. The summed E-state index contributed by atoms with van der Waals surface area (Å²) in [5.74, 6) is -2.09. The first-order valence-corrected chi connectivity index (χ1v) is 7.50. The predicted molar refractivity (Wildman–Crippen MR) is 74.4 cm³/mol. The third-order valence-corrected chi connectivity index (χ3v) is 4.14. The quantitative estimate of drug-likeness (QED) is 0.474. The molecule has 0 saturated heterocycles. The number of hydrogen-bond acceptors (Lipinski definition) is 4. The number of thioether (sulfide) groups is 1. The lowest BCUT2D eigenvalue weighted by atomic mass is 9.92. The fourth-order valence-corrected chi connectivity index (χ4v) is 2.61. The van der Waals surface area contributed by atoms with Crippen molar-refractivity contribution in [3.8, 4) is 6.07 Å². The number of ketones is 2. The van der Waals surface area contributed by atoms with Crippen LogP contribution in [0.4, 0.5) is 0 Å². The molecule has 1 saturated carbocycles. The van der Waals surface area contributed by atoms with Crippen LogP contribution in [0.2, 0.25) is 5.02 Å². The average molecular weight is 294 g/mol. The van der Waals surface area contributed by atoms with Gasteiger partial charge in [-0.25, -0.2) is 0 Å². The summed E-state index contributed by atoms with van der Waals surface area (Å²) in [4.78, 5) is 25.1. The zero-order valence-electron chi connectivity index (χ0n) is 10.4. The fourth-order valence-electron chi connectivity index (χ4n) is 1.83. The summed E-state index contributed by atoms with van der Waals surface area (Å²) in [6.45, 7) is 0. The highest BCUT2D eigenvalue weighted by Gasteiger charge is 2.39. The molecule has 0 aliphatic heterocycles. The second-order valence-corrected chi connectivity index (χ2v) is 5.74. The number of rotatable bonds is 5. The van der Waals surface area contributed by atoms with Crippen molar-refractivity contribution < 1.29 is 9.59 Å². The van der Waals surface area contributed by atoms with Crippen molar-refractivity contribution in [2.45, 2.75) is 17.7 Å². The van der Waals surface area contributed by atoms with Gasteiger partial charge in [-0.05, 0) is 37.3 Å². The van der Waals surface area contributed by atoms with E-state index in [9.17, 15) is 9.59 Å². The third-order valence-electron chi connectivity index (χ3n) is 3.10. The van der Waals surface area contributed by atoms with E-state index in [-0.39, 0.29) is 17.3 Å². The van der Waals surface area contributed by atoms with E-state index in [4.69, 9.17) is 16.9 Å². The number of halogens is 1. The summed E-state index contributed by atoms with van der Waals surface area (Å²) in [5, 5.41) is 9.35. The molecular formula is C14H12ClNO2S. The van der Waals surface area contributed by atoms with Crippen LogP contribution in [0.15, 0.2) is 23.1 Å². The lowest BCUT2D eigenvalue weighted by Gasteiger charge is -2.09. The molecule has 1 unspecified atom stereocenters. The Bertz CT molecular complexity index is 575. The molecule has 0 N–H and O–H groups in total. The zero-order chi connectivity index (χ0) is 14.0. The largest absolute Gasteiger partial charge is 0.297 e. The summed E-state index contributed by atoms with van der Waals surface area (Å²) in [5.41, 5.74) is 0.250. The van der Waals surface area contributed by atoms with Crippen molar-refractivity contribution >= 4 is 34.9 Å². The highest BCUT2D eigenvalue weighted by Crippen LogP contribution is 2.34. The average Bonchev–Trinajstić information content (AvgIpc) is 3.23. The molecule has 0 amide bonds. The number of carbonyl (C=O) groups is 2. The van der Waals surface area contributed by atoms with Gasteiger partial charge in [0.25, 0.3) is 0 Å². The number of hydrogen-bond donors (Lipinski definition) is 0. The molecule has 19 heavy (non-hydrogen) atoms. The van der Waals surface area contributed by atoms with E-state index >= 15 is 0 Å². The number of nitrogens with zero attached hydrogens (tertiary/aromatic N) is 1. The van der Waals surface area contributed by atoms with Gasteiger partial charge in [0, 0.05) is 16.4 Å². The maximum Gasteiger partial charge on any atom is 0.189 e. The monoisotopic (exact) mass is 293 g/mol. The molecule has 1 aliphatic carbocycles. The van der Waals surface area contributed by atoms with E-state index in [2.05, 4.69) is 0 Å². The lowest BCUT2D eigenvalue weighted by molar-refractivity contribution is -0.121. The van der Waals surface area contributed by atoms with E-state index in [1.165, 1.54) is 11.8 Å². The van der Waals surface area contributed by atoms with E-state index in [0.717, 1.165) is 17.7 Å². The maximum absolute atomic E-state index is 12.2. The minimum absolute atomic E-state index is 0.113. The van der Waals surface area contributed by atoms with E-state index in [0.29, 0.717) is 5.02 Å². The number of nitriles is 1. The topological polar surface area (TPSA) is 57.9 Å². The Hall–Kier alpha value is -1.31. The van der Waals surface area contributed by atoms with Gasteiger partial charge in [0.1, 0.15) is 0 Å². The summed E-state index contributed by atoms with van der Waals surface area (Å²) in [7, 11) is 0. The normalized spacial score (nSPS) is 15.6. The van der Waals surface area contributed by atoms with Crippen LogP contribution >= 0.6 is 23.4 Å². The van der Waals surface area contributed by atoms with Crippen LogP contribution in [0, 0.1) is 23.2 Å². The first kappa shape index (κ1) is 14.1. The summed E-state index contributed by atoms with van der Waals surface area (Å²) >= 11 is 7.56. The van der Waals surface area contributed by atoms with Crippen LogP contribution < -0.4 is 0 Å². The van der Waals surface area contributed by atoms with Gasteiger partial charge in [-0.1, -0.05) is 11.6 Å². The molecule has 3 nitrogen and oxygen atoms in total. The fraction of sp³-hybridized carbons (Fsp3) is 0.357. The van der Waals surface area contributed by atoms with Crippen molar-refractivity contribution in [1.29, 1.82) is 5.26 Å². The molecule has 0 spiro atoms. The van der Waals surface area contributed by atoms with E-state index in [1.54, 1.807) is 18.2 Å². The molecule has 98 valence electrons. The van der Waals surface area contributed by atoms with Gasteiger partial charge in [0.2, 0.25) is 0 Å². The molecule has 2 rings (SSSR count). The Labute approximate surface area is 120 Å². The summed E-state index contributed by atoms with van der Waals surface area (Å²) in [6, 6.07) is 6.84. The second kappa shape index (κ2) is 5.77. The number of carbonyl (C=O) groups excluding carboxylic acids is 2. The molecule has 0 heterocycles. The zero-order valence-corrected chi connectivity index (χ0v) is 11.9. The lowest BCUT2D eigenvalue weighted by Crippen LogP contribution is -2.24. The van der Waals surface area contributed by atoms with Crippen LogP contribution in [-0.4, -0.2) is 17.8 Å². The van der Waals surface area contributed by atoms with Crippen LogP contribution in [0.1, 0.15) is 23.2 Å². The summed E-state index contributed by atoms with van der Waals surface area (Å²) in [6.07, 6.45) is 3.47. The smallest absolute Gasteiger partial charge is 0.189 e. The number of benzene rings is 1. The van der Waals surface area contributed by atoms with Crippen LogP contribution in [-0.2, 0) is 4.79 Å². The minimum Gasteiger partial charge on any atom is -0.297 e. The Morgan fingerprint density at radius 2 is 2.16 bits per heavy atom. The Morgan fingerprint density at radius 3 is 2.63 bits per heavy atom. The van der Waals surface area contributed by atoms with Crippen molar-refractivity contribution in [2.75, 3.05) is 6.26 Å². The van der Waals surface area contributed by atoms with Crippen LogP contribution in [0.3, 0.4) is 0 Å². The Morgan fingerprint density at radius 1 is 1.47 bits per heavy atom. The first-order valence-electron chi connectivity index (χ1n) is 5.89. The van der Waals surface area contributed by atoms with E-state index < -0.39 is 11.7 Å². The maximum atomic E-state index is 12.2.